The van der Waals surface area contributed by atoms with Crippen LogP contribution in [0.1, 0.15) is 17.3 Å². The molecule has 128 valence electrons. The van der Waals surface area contributed by atoms with Gasteiger partial charge in [0.05, 0.1) is 26.2 Å². The number of aliphatic carboxylic acids is 1. The first kappa shape index (κ1) is 18.6. The number of carbonyl (C=O) groups is 2. The van der Waals surface area contributed by atoms with E-state index in [4.69, 9.17) is 14.6 Å². The third-order valence-electron chi connectivity index (χ3n) is 2.75. The van der Waals surface area contributed by atoms with Gasteiger partial charge in [-0.2, -0.15) is 0 Å². The van der Waals surface area contributed by atoms with Crippen LogP contribution < -0.4 is 19.5 Å². The molecule has 0 aliphatic rings. The Bertz CT molecular complexity index is 715. The Morgan fingerprint density at radius 1 is 1.22 bits per heavy atom. The quantitative estimate of drug-likeness (QED) is 0.646. The Morgan fingerprint density at radius 2 is 1.83 bits per heavy atom. The Morgan fingerprint density at radius 3 is 2.26 bits per heavy atom. The van der Waals surface area contributed by atoms with Crippen LogP contribution in [0.3, 0.4) is 0 Å². The maximum atomic E-state index is 12.1. The van der Waals surface area contributed by atoms with Crippen molar-refractivity contribution in [2.75, 3.05) is 25.2 Å². The molecule has 1 atom stereocenters. The number of hydrogen-bond donors (Lipinski definition) is 3. The minimum atomic E-state index is -3.63. The van der Waals surface area contributed by atoms with Crippen molar-refractivity contribution < 1.29 is 32.6 Å². The van der Waals surface area contributed by atoms with Gasteiger partial charge in [0.15, 0.2) is 11.5 Å². The molecule has 9 nitrogen and oxygen atoms in total. The van der Waals surface area contributed by atoms with Gasteiger partial charge in [0, 0.05) is 5.56 Å². The summed E-state index contributed by atoms with van der Waals surface area (Å²) in [6.07, 6.45) is 0.943. The molecule has 1 unspecified atom stereocenters. The Balaban J connectivity index is 3.31. The highest BCUT2D eigenvalue weighted by molar-refractivity contribution is 7.92. The third-order valence-corrected chi connectivity index (χ3v) is 3.35. The molecule has 0 heterocycles. The number of methoxy groups -OCH3 is 2. The SMILES string of the molecule is COc1cc(C(=O)NC(C)C(=O)O)cc(NS(C)(=O)=O)c1OC. The average Bonchev–Trinajstić information content (AvgIpc) is 2.44. The van der Waals surface area contributed by atoms with Crippen LogP contribution >= 0.6 is 0 Å². The van der Waals surface area contributed by atoms with Crippen molar-refractivity contribution in [1.29, 1.82) is 0 Å². The summed E-state index contributed by atoms with van der Waals surface area (Å²) in [4.78, 5) is 22.9. The molecular weight excluding hydrogens is 328 g/mol. The molecule has 0 aromatic heterocycles. The van der Waals surface area contributed by atoms with Gasteiger partial charge < -0.3 is 19.9 Å². The van der Waals surface area contributed by atoms with Gasteiger partial charge >= 0.3 is 5.97 Å². The number of hydrogen-bond acceptors (Lipinski definition) is 6. The number of anilines is 1. The van der Waals surface area contributed by atoms with E-state index >= 15 is 0 Å². The molecule has 0 aliphatic heterocycles. The van der Waals surface area contributed by atoms with E-state index in [2.05, 4.69) is 10.0 Å². The number of benzene rings is 1. The molecule has 0 fully saturated rings. The maximum absolute atomic E-state index is 12.1. The number of carboxylic acids is 1. The summed E-state index contributed by atoms with van der Waals surface area (Å²) in [6, 6.07) is 1.43. The smallest absolute Gasteiger partial charge is 0.325 e. The summed E-state index contributed by atoms with van der Waals surface area (Å²) in [5, 5.41) is 11.1. The van der Waals surface area contributed by atoms with Crippen LogP contribution in [0.5, 0.6) is 11.5 Å². The van der Waals surface area contributed by atoms with Gasteiger partial charge in [0.25, 0.3) is 5.91 Å². The first-order valence-corrected chi connectivity index (χ1v) is 8.25. The standard InChI is InChI=1S/C13H18N2O7S/c1-7(13(17)18)14-12(16)8-5-9(15-23(4,19)20)11(22-3)10(6-8)21-2/h5-7,15H,1-4H3,(H,14,16)(H,17,18). The first-order valence-electron chi connectivity index (χ1n) is 6.36. The zero-order valence-corrected chi connectivity index (χ0v) is 13.9. The first-order chi connectivity index (χ1) is 10.6. The van der Waals surface area contributed by atoms with Crippen molar-refractivity contribution in [3.8, 4) is 11.5 Å². The molecule has 10 heteroatoms. The molecule has 1 amide bonds. The third kappa shape index (κ3) is 5.02. The van der Waals surface area contributed by atoms with E-state index in [1.165, 1.54) is 33.3 Å². The summed E-state index contributed by atoms with van der Waals surface area (Å²) >= 11 is 0. The van der Waals surface area contributed by atoms with Gasteiger partial charge in [0.2, 0.25) is 10.0 Å². The van der Waals surface area contributed by atoms with Gasteiger partial charge in [-0.1, -0.05) is 0 Å². The summed E-state index contributed by atoms with van der Waals surface area (Å²) in [5.74, 6) is -1.68. The van der Waals surface area contributed by atoms with Crippen molar-refractivity contribution in [3.63, 3.8) is 0 Å². The summed E-state index contributed by atoms with van der Waals surface area (Å²) in [6.45, 7) is 1.30. The van der Waals surface area contributed by atoms with Crippen LogP contribution in [0.2, 0.25) is 0 Å². The zero-order valence-electron chi connectivity index (χ0n) is 13.0. The monoisotopic (exact) mass is 346 g/mol. The molecule has 3 N–H and O–H groups in total. The molecular formula is C13H18N2O7S. The Labute approximate surface area is 133 Å². The fraction of sp³-hybridized carbons (Fsp3) is 0.385. The molecule has 0 bridgehead atoms. The molecule has 1 aromatic carbocycles. The van der Waals surface area contributed by atoms with E-state index in [-0.39, 0.29) is 22.7 Å². The maximum Gasteiger partial charge on any atom is 0.325 e. The second-order valence-corrected chi connectivity index (χ2v) is 6.42. The largest absolute Gasteiger partial charge is 0.493 e. The number of ether oxygens (including phenoxy) is 2. The predicted octanol–water partition coefficient (Wildman–Crippen LogP) is 0.278. The van der Waals surface area contributed by atoms with E-state index in [0.29, 0.717) is 0 Å². The van der Waals surface area contributed by atoms with E-state index in [1.807, 2.05) is 0 Å². The summed E-state index contributed by atoms with van der Waals surface area (Å²) in [7, 11) is -0.985. The van der Waals surface area contributed by atoms with Gasteiger partial charge in [-0.3, -0.25) is 14.3 Å². The number of amides is 1. The fourth-order valence-electron chi connectivity index (χ4n) is 1.71. The molecule has 0 aliphatic carbocycles. The van der Waals surface area contributed by atoms with Crippen LogP contribution in [-0.2, 0) is 14.8 Å². The predicted molar refractivity (Wildman–Crippen MR) is 82.6 cm³/mol. The second-order valence-electron chi connectivity index (χ2n) is 4.67. The number of carboxylic acid groups (broad SMARTS) is 1. The molecule has 23 heavy (non-hydrogen) atoms. The van der Waals surface area contributed by atoms with E-state index in [0.717, 1.165) is 6.26 Å². The highest BCUT2D eigenvalue weighted by Crippen LogP contribution is 2.37. The van der Waals surface area contributed by atoms with Crippen LogP contribution in [0, 0.1) is 0 Å². The average molecular weight is 346 g/mol. The van der Waals surface area contributed by atoms with E-state index in [9.17, 15) is 18.0 Å². The lowest BCUT2D eigenvalue weighted by atomic mass is 10.1. The normalized spacial score (nSPS) is 12.2. The minimum absolute atomic E-state index is 0.00229. The van der Waals surface area contributed by atoms with Gasteiger partial charge in [-0.05, 0) is 19.1 Å². The van der Waals surface area contributed by atoms with Crippen LogP contribution in [0.4, 0.5) is 5.69 Å². The van der Waals surface area contributed by atoms with E-state index < -0.39 is 27.9 Å². The van der Waals surface area contributed by atoms with Crippen molar-refractivity contribution in [3.05, 3.63) is 17.7 Å². The van der Waals surface area contributed by atoms with Gasteiger partial charge in [0.1, 0.15) is 6.04 Å². The molecule has 1 rings (SSSR count). The van der Waals surface area contributed by atoms with Crippen LogP contribution in [0.15, 0.2) is 12.1 Å². The minimum Gasteiger partial charge on any atom is -0.493 e. The van der Waals surface area contributed by atoms with Crippen molar-refractivity contribution in [2.24, 2.45) is 0 Å². The topological polar surface area (TPSA) is 131 Å². The van der Waals surface area contributed by atoms with Gasteiger partial charge in [-0.15, -0.1) is 0 Å². The molecule has 1 aromatic rings. The highest BCUT2D eigenvalue weighted by Gasteiger charge is 2.21. The van der Waals surface area contributed by atoms with Crippen molar-refractivity contribution >= 4 is 27.6 Å². The van der Waals surface area contributed by atoms with E-state index in [1.54, 1.807) is 0 Å². The zero-order chi connectivity index (χ0) is 17.8. The Kier molecular flexibility index (Phi) is 5.79. The second kappa shape index (κ2) is 7.18. The van der Waals surface area contributed by atoms with Crippen molar-refractivity contribution in [2.45, 2.75) is 13.0 Å². The molecule has 0 saturated heterocycles. The van der Waals surface area contributed by atoms with Gasteiger partial charge in [-0.25, -0.2) is 8.42 Å². The number of rotatable bonds is 7. The lowest BCUT2D eigenvalue weighted by molar-refractivity contribution is -0.138. The highest BCUT2D eigenvalue weighted by atomic mass is 32.2. The molecule has 0 saturated carbocycles. The lowest BCUT2D eigenvalue weighted by Gasteiger charge is -2.16. The summed E-state index contributed by atoms with van der Waals surface area (Å²) in [5.41, 5.74) is 0.0179. The molecule has 0 radical (unpaired) electrons. The fourth-order valence-corrected chi connectivity index (χ4v) is 2.26. The lowest BCUT2D eigenvalue weighted by Crippen LogP contribution is -2.38. The molecule has 0 spiro atoms. The number of carbonyl (C=O) groups excluding carboxylic acids is 1. The summed E-state index contributed by atoms with van der Waals surface area (Å²) < 4.78 is 35.2. The van der Waals surface area contributed by atoms with Crippen molar-refractivity contribution in [1.82, 2.24) is 5.32 Å². The Hall–Kier alpha value is -2.49. The number of sulfonamides is 1. The van der Waals surface area contributed by atoms with Crippen LogP contribution in [-0.4, -0.2) is 51.9 Å². The van der Waals surface area contributed by atoms with Crippen LogP contribution in [0.25, 0.3) is 0 Å². The number of nitrogens with one attached hydrogen (secondary N) is 2.